The molecule has 0 atom stereocenters. The Bertz CT molecular complexity index is 637. The van der Waals surface area contributed by atoms with Gasteiger partial charge < -0.3 is 14.9 Å². The maximum absolute atomic E-state index is 11.0. The molecule has 6 heteroatoms. The van der Waals surface area contributed by atoms with E-state index in [1.54, 1.807) is 56.3 Å². The summed E-state index contributed by atoms with van der Waals surface area (Å²) in [4.78, 5) is 30.6. The van der Waals surface area contributed by atoms with Crippen LogP contribution in [-0.4, -0.2) is 34.7 Å². The molecule has 0 fully saturated rings. The molecular formula is C19H22O6. The van der Waals surface area contributed by atoms with Gasteiger partial charge in [0.25, 0.3) is 0 Å². The molecule has 0 radical (unpaired) electrons. The van der Waals surface area contributed by atoms with E-state index < -0.39 is 11.9 Å². The van der Waals surface area contributed by atoms with Crippen LogP contribution < -0.4 is 0 Å². The number of benzene rings is 2. The Morgan fingerprint density at radius 1 is 0.800 bits per heavy atom. The first-order valence-electron chi connectivity index (χ1n) is 7.64. The number of carbonyl (C=O) groups is 3. The Hall–Kier alpha value is -3.15. The van der Waals surface area contributed by atoms with Crippen molar-refractivity contribution >= 4 is 17.9 Å². The number of carboxylic acid groups (broad SMARTS) is 2. The van der Waals surface area contributed by atoms with Crippen LogP contribution in [0.3, 0.4) is 0 Å². The van der Waals surface area contributed by atoms with Gasteiger partial charge in [0.15, 0.2) is 0 Å². The molecule has 0 spiro atoms. The minimum Gasteiger partial charge on any atom is -0.481 e. The van der Waals surface area contributed by atoms with Gasteiger partial charge in [-0.05, 0) is 31.2 Å². The molecule has 2 aromatic carbocycles. The molecule has 0 aliphatic heterocycles. The molecule has 2 rings (SSSR count). The zero-order chi connectivity index (χ0) is 19.1. The van der Waals surface area contributed by atoms with E-state index in [2.05, 4.69) is 0 Å². The van der Waals surface area contributed by atoms with Crippen molar-refractivity contribution in [2.24, 2.45) is 0 Å². The fraction of sp³-hybridized carbons (Fsp3) is 0.211. The second-order valence-corrected chi connectivity index (χ2v) is 4.50. The van der Waals surface area contributed by atoms with Crippen LogP contribution in [0.15, 0.2) is 60.7 Å². The standard InChI is InChI=1S/C9H10O2.C7H6O2.C3H6O2/c1-2-11-9(10)8-6-4-3-5-7-8;8-7(9)6-4-2-1-3-5-6;1-2-3(4)5/h3-7H,2H2,1H3;1-5H,(H,8,9);2H2,1H3,(H,4,5). The zero-order valence-electron chi connectivity index (χ0n) is 14.2. The van der Waals surface area contributed by atoms with Gasteiger partial charge in [0, 0.05) is 6.42 Å². The fourth-order valence-corrected chi connectivity index (χ4v) is 1.37. The predicted molar refractivity (Wildman–Crippen MR) is 93.7 cm³/mol. The first kappa shape index (κ1) is 21.9. The van der Waals surface area contributed by atoms with Crippen LogP contribution in [0.1, 0.15) is 41.0 Å². The van der Waals surface area contributed by atoms with Crippen molar-refractivity contribution in [3.63, 3.8) is 0 Å². The summed E-state index contributed by atoms with van der Waals surface area (Å²) < 4.78 is 4.79. The number of rotatable bonds is 4. The lowest BCUT2D eigenvalue weighted by Gasteiger charge is -1.99. The maximum Gasteiger partial charge on any atom is 0.338 e. The summed E-state index contributed by atoms with van der Waals surface area (Å²) in [6.07, 6.45) is 0.222. The highest BCUT2D eigenvalue weighted by atomic mass is 16.5. The smallest absolute Gasteiger partial charge is 0.338 e. The molecule has 0 bridgehead atoms. The molecule has 0 aromatic heterocycles. The number of ether oxygens (including phenoxy) is 1. The first-order valence-corrected chi connectivity index (χ1v) is 7.64. The van der Waals surface area contributed by atoms with E-state index in [-0.39, 0.29) is 12.4 Å². The molecule has 0 unspecified atom stereocenters. The van der Waals surface area contributed by atoms with Gasteiger partial charge in [-0.1, -0.05) is 43.3 Å². The lowest BCUT2D eigenvalue weighted by atomic mass is 10.2. The van der Waals surface area contributed by atoms with Crippen LogP contribution in [0.2, 0.25) is 0 Å². The van der Waals surface area contributed by atoms with E-state index in [0.29, 0.717) is 17.7 Å². The van der Waals surface area contributed by atoms with Crippen molar-refractivity contribution in [1.82, 2.24) is 0 Å². The van der Waals surface area contributed by atoms with Crippen LogP contribution >= 0.6 is 0 Å². The van der Waals surface area contributed by atoms with Crippen molar-refractivity contribution in [2.45, 2.75) is 20.3 Å². The number of carboxylic acids is 2. The van der Waals surface area contributed by atoms with Crippen LogP contribution in [0, 0.1) is 0 Å². The molecule has 0 saturated carbocycles. The van der Waals surface area contributed by atoms with Crippen molar-refractivity contribution in [1.29, 1.82) is 0 Å². The maximum atomic E-state index is 11.0. The highest BCUT2D eigenvalue weighted by Crippen LogP contribution is 2.00. The summed E-state index contributed by atoms with van der Waals surface area (Å²) in [6.45, 7) is 3.82. The van der Waals surface area contributed by atoms with E-state index >= 15 is 0 Å². The largest absolute Gasteiger partial charge is 0.481 e. The van der Waals surface area contributed by atoms with Crippen molar-refractivity contribution in [3.05, 3.63) is 71.8 Å². The Balaban J connectivity index is 0.000000372. The lowest BCUT2D eigenvalue weighted by molar-refractivity contribution is -0.136. The predicted octanol–water partition coefficient (Wildman–Crippen LogP) is 3.73. The first-order chi connectivity index (χ1) is 11.9. The number of hydrogen-bond donors (Lipinski definition) is 2. The second kappa shape index (κ2) is 13.3. The molecule has 2 N–H and O–H groups in total. The van der Waals surface area contributed by atoms with Gasteiger partial charge in [0.2, 0.25) is 0 Å². The van der Waals surface area contributed by atoms with Crippen molar-refractivity contribution in [3.8, 4) is 0 Å². The summed E-state index contributed by atoms with van der Waals surface area (Å²) in [5.41, 5.74) is 0.937. The molecule has 0 amide bonds. The highest BCUT2D eigenvalue weighted by Gasteiger charge is 2.02. The molecule has 0 aliphatic carbocycles. The molecule has 2 aromatic rings. The zero-order valence-corrected chi connectivity index (χ0v) is 14.2. The summed E-state index contributed by atoms with van der Waals surface area (Å²) in [5, 5.41) is 16.1. The summed E-state index contributed by atoms with van der Waals surface area (Å²) in [6, 6.07) is 17.3. The van der Waals surface area contributed by atoms with E-state index in [4.69, 9.17) is 14.9 Å². The molecule has 6 nitrogen and oxygen atoms in total. The van der Waals surface area contributed by atoms with Gasteiger partial charge in [-0.15, -0.1) is 0 Å². The topological polar surface area (TPSA) is 101 Å². The molecule has 25 heavy (non-hydrogen) atoms. The van der Waals surface area contributed by atoms with Crippen LogP contribution in [0.5, 0.6) is 0 Å². The van der Waals surface area contributed by atoms with E-state index in [1.165, 1.54) is 0 Å². The number of esters is 1. The third kappa shape index (κ3) is 11.1. The Labute approximate surface area is 146 Å². The van der Waals surface area contributed by atoms with Crippen LogP contribution in [0.4, 0.5) is 0 Å². The van der Waals surface area contributed by atoms with E-state index in [9.17, 15) is 14.4 Å². The molecule has 134 valence electrons. The minimum absolute atomic E-state index is 0.222. The average molecular weight is 346 g/mol. The normalized spacial score (nSPS) is 8.72. The van der Waals surface area contributed by atoms with Gasteiger partial charge in [0.1, 0.15) is 0 Å². The van der Waals surface area contributed by atoms with Gasteiger partial charge in [-0.25, -0.2) is 9.59 Å². The lowest BCUT2D eigenvalue weighted by Crippen LogP contribution is -2.03. The Morgan fingerprint density at radius 2 is 1.20 bits per heavy atom. The SMILES string of the molecule is CCC(=O)O.CCOC(=O)c1ccccc1.O=C(O)c1ccccc1. The van der Waals surface area contributed by atoms with Crippen molar-refractivity contribution in [2.75, 3.05) is 6.61 Å². The number of aliphatic carboxylic acids is 1. The Morgan fingerprint density at radius 3 is 1.48 bits per heavy atom. The van der Waals surface area contributed by atoms with Crippen LogP contribution in [0.25, 0.3) is 0 Å². The second-order valence-electron chi connectivity index (χ2n) is 4.50. The van der Waals surface area contributed by atoms with Crippen LogP contribution in [-0.2, 0) is 9.53 Å². The fourth-order valence-electron chi connectivity index (χ4n) is 1.37. The summed E-state index contributed by atoms with van der Waals surface area (Å²) in [5.74, 6) is -1.88. The number of aromatic carboxylic acids is 1. The van der Waals surface area contributed by atoms with E-state index in [0.717, 1.165) is 0 Å². The Kier molecular flexibility index (Phi) is 11.6. The molecule has 0 heterocycles. The van der Waals surface area contributed by atoms with Gasteiger partial charge in [-0.2, -0.15) is 0 Å². The van der Waals surface area contributed by atoms with Gasteiger partial charge in [-0.3, -0.25) is 4.79 Å². The monoisotopic (exact) mass is 346 g/mol. The average Bonchev–Trinajstić information content (AvgIpc) is 2.64. The summed E-state index contributed by atoms with van der Waals surface area (Å²) >= 11 is 0. The highest BCUT2D eigenvalue weighted by molar-refractivity contribution is 5.89. The van der Waals surface area contributed by atoms with Gasteiger partial charge >= 0.3 is 17.9 Å². The third-order valence-corrected chi connectivity index (χ3v) is 2.61. The minimum atomic E-state index is -0.879. The number of carbonyl (C=O) groups excluding carboxylic acids is 1. The summed E-state index contributed by atoms with van der Waals surface area (Å²) in [7, 11) is 0. The van der Waals surface area contributed by atoms with E-state index in [1.807, 2.05) is 18.2 Å². The third-order valence-electron chi connectivity index (χ3n) is 2.61. The molecular weight excluding hydrogens is 324 g/mol. The molecule has 0 aliphatic rings. The molecule has 0 saturated heterocycles. The number of hydrogen-bond acceptors (Lipinski definition) is 4. The quantitative estimate of drug-likeness (QED) is 0.818. The van der Waals surface area contributed by atoms with Crippen molar-refractivity contribution < 1.29 is 29.3 Å². The van der Waals surface area contributed by atoms with Gasteiger partial charge in [0.05, 0.1) is 17.7 Å².